The summed E-state index contributed by atoms with van der Waals surface area (Å²) in [4.78, 5) is 23.8. The summed E-state index contributed by atoms with van der Waals surface area (Å²) in [6, 6.07) is 13.8. The van der Waals surface area contributed by atoms with Crippen LogP contribution in [0.25, 0.3) is 0 Å². The van der Waals surface area contributed by atoms with E-state index in [1.165, 1.54) is 18.2 Å². The Morgan fingerprint density at radius 1 is 1.00 bits per heavy atom. The molecule has 0 saturated heterocycles. The Labute approximate surface area is 179 Å². The molecule has 8 heteroatoms. The summed E-state index contributed by atoms with van der Waals surface area (Å²) in [6.07, 6.45) is -1.19. The van der Waals surface area contributed by atoms with Gasteiger partial charge in [0.1, 0.15) is 5.82 Å². The third-order valence-corrected chi connectivity index (χ3v) is 4.95. The molecule has 0 aliphatic heterocycles. The summed E-state index contributed by atoms with van der Waals surface area (Å²) in [7, 11) is 0. The van der Waals surface area contributed by atoms with Gasteiger partial charge in [0.15, 0.2) is 5.78 Å². The molecule has 0 aliphatic rings. The zero-order valence-corrected chi connectivity index (χ0v) is 17.4. The van der Waals surface area contributed by atoms with Crippen LogP contribution in [0, 0.1) is 12.7 Å². The normalized spacial score (nSPS) is 10.5. The second-order valence-corrected chi connectivity index (χ2v) is 7.55. The highest BCUT2D eigenvalue weighted by Gasteiger charge is 2.16. The van der Waals surface area contributed by atoms with E-state index in [-0.39, 0.29) is 16.4 Å². The zero-order chi connectivity index (χ0) is 21.1. The Hall–Kier alpha value is -2.90. The summed E-state index contributed by atoms with van der Waals surface area (Å²) < 4.78 is 14.0. The number of nitrogens with one attached hydrogen (secondary N) is 2. The topological polar surface area (TPSA) is 78.4 Å². The fraction of sp³-hybridized carbons (Fsp3) is 0.0476. The number of halogens is 3. The van der Waals surface area contributed by atoms with Crippen molar-refractivity contribution in [3.05, 3.63) is 86.6 Å². The number of carbonyl (C=O) groups is 2. The Kier molecular flexibility index (Phi) is 6.20. The molecule has 5 nitrogen and oxygen atoms in total. The molecule has 0 aliphatic carbocycles. The molecule has 29 heavy (non-hydrogen) atoms. The first kappa shape index (κ1) is 20.8. The Morgan fingerprint density at radius 3 is 2.38 bits per heavy atom. The second-order valence-electron chi connectivity index (χ2n) is 6.23. The molecule has 3 N–H and O–H groups in total. The van der Waals surface area contributed by atoms with E-state index in [1.807, 2.05) is 0 Å². The van der Waals surface area contributed by atoms with E-state index >= 15 is 0 Å². The van der Waals surface area contributed by atoms with Gasteiger partial charge in [0.05, 0.1) is 16.4 Å². The third-order valence-electron chi connectivity index (χ3n) is 4.15. The number of benzene rings is 3. The van der Waals surface area contributed by atoms with E-state index in [0.717, 1.165) is 0 Å². The lowest BCUT2D eigenvalue weighted by atomic mass is 9.99. The quantitative estimate of drug-likeness (QED) is 0.361. The largest absolute Gasteiger partial charge is 0.465 e. The van der Waals surface area contributed by atoms with E-state index in [2.05, 4.69) is 26.6 Å². The minimum absolute atomic E-state index is 0.216. The number of hydrogen-bond donors (Lipinski definition) is 3. The first-order valence-corrected chi connectivity index (χ1v) is 9.58. The Bertz CT molecular complexity index is 1120. The van der Waals surface area contributed by atoms with Crippen LogP contribution in [-0.2, 0) is 0 Å². The van der Waals surface area contributed by atoms with Crippen LogP contribution in [0.5, 0.6) is 0 Å². The fourth-order valence-electron chi connectivity index (χ4n) is 2.80. The summed E-state index contributed by atoms with van der Waals surface area (Å²) in [5, 5.41) is 14.6. The molecule has 148 valence electrons. The van der Waals surface area contributed by atoms with Gasteiger partial charge in [0.25, 0.3) is 0 Å². The predicted octanol–water partition coefficient (Wildman–Crippen LogP) is 6.61. The van der Waals surface area contributed by atoms with Crippen molar-refractivity contribution in [2.45, 2.75) is 6.92 Å². The number of amides is 1. The standard InChI is InChI=1S/C21H15BrClFN2O3/c1-11-8-13(24)3-5-15(11)20(27)16-6-4-14(10-17(16)23)25-18-7-2-12(22)9-19(18)26-21(28)29/h2-10,25-26H,1H3,(H,28,29). The highest BCUT2D eigenvalue weighted by Crippen LogP contribution is 2.31. The lowest BCUT2D eigenvalue weighted by Gasteiger charge is -2.14. The first-order chi connectivity index (χ1) is 13.7. The fourth-order valence-corrected chi connectivity index (χ4v) is 3.43. The van der Waals surface area contributed by atoms with Crippen LogP contribution in [0.3, 0.4) is 0 Å². The maximum atomic E-state index is 13.3. The van der Waals surface area contributed by atoms with Crippen molar-refractivity contribution >= 4 is 56.5 Å². The van der Waals surface area contributed by atoms with Gasteiger partial charge in [-0.15, -0.1) is 0 Å². The molecular formula is C21H15BrClFN2O3. The van der Waals surface area contributed by atoms with E-state index in [0.29, 0.717) is 32.7 Å². The van der Waals surface area contributed by atoms with E-state index in [4.69, 9.17) is 16.7 Å². The molecule has 0 radical (unpaired) electrons. The van der Waals surface area contributed by atoms with Crippen LogP contribution in [0.4, 0.5) is 26.2 Å². The highest BCUT2D eigenvalue weighted by molar-refractivity contribution is 9.10. The van der Waals surface area contributed by atoms with Crippen molar-refractivity contribution in [1.29, 1.82) is 0 Å². The molecule has 1 amide bonds. The van der Waals surface area contributed by atoms with Gasteiger partial charge in [-0.1, -0.05) is 27.5 Å². The number of ketones is 1. The molecule has 0 heterocycles. The van der Waals surface area contributed by atoms with Gasteiger partial charge in [0, 0.05) is 21.3 Å². The smallest absolute Gasteiger partial charge is 0.409 e. The maximum absolute atomic E-state index is 13.3. The molecule has 3 rings (SSSR count). The van der Waals surface area contributed by atoms with Crippen molar-refractivity contribution in [2.75, 3.05) is 10.6 Å². The summed E-state index contributed by atoms with van der Waals surface area (Å²) >= 11 is 9.62. The highest BCUT2D eigenvalue weighted by atomic mass is 79.9. The number of carbonyl (C=O) groups excluding carboxylic acids is 1. The molecule has 3 aromatic carbocycles. The number of aryl methyl sites for hydroxylation is 1. The second kappa shape index (κ2) is 8.63. The van der Waals surface area contributed by atoms with Gasteiger partial charge in [0.2, 0.25) is 0 Å². The monoisotopic (exact) mass is 476 g/mol. The van der Waals surface area contributed by atoms with Gasteiger partial charge in [-0.05, 0) is 67.1 Å². The number of hydrogen-bond acceptors (Lipinski definition) is 3. The average molecular weight is 478 g/mol. The summed E-state index contributed by atoms with van der Waals surface area (Å²) in [5.74, 6) is -0.721. The van der Waals surface area contributed by atoms with Crippen LogP contribution in [0.15, 0.2) is 59.1 Å². The predicted molar refractivity (Wildman–Crippen MR) is 115 cm³/mol. The van der Waals surface area contributed by atoms with Crippen molar-refractivity contribution < 1.29 is 19.1 Å². The van der Waals surface area contributed by atoms with E-state index < -0.39 is 11.9 Å². The maximum Gasteiger partial charge on any atom is 0.409 e. The molecule has 0 spiro atoms. The van der Waals surface area contributed by atoms with Crippen molar-refractivity contribution in [1.82, 2.24) is 0 Å². The Morgan fingerprint density at radius 2 is 1.72 bits per heavy atom. The van der Waals surface area contributed by atoms with E-state index in [9.17, 15) is 14.0 Å². The minimum atomic E-state index is -1.19. The van der Waals surface area contributed by atoms with Crippen LogP contribution in [-0.4, -0.2) is 17.0 Å². The molecule has 0 bridgehead atoms. The summed E-state index contributed by atoms with van der Waals surface area (Å²) in [6.45, 7) is 1.66. The molecule has 0 saturated carbocycles. The van der Waals surface area contributed by atoms with E-state index in [1.54, 1.807) is 43.3 Å². The number of carboxylic acid groups (broad SMARTS) is 1. The molecule has 0 aromatic heterocycles. The lowest BCUT2D eigenvalue weighted by molar-refractivity contribution is 0.103. The van der Waals surface area contributed by atoms with Gasteiger partial charge >= 0.3 is 6.09 Å². The molecule has 0 fully saturated rings. The third kappa shape index (κ3) is 4.93. The molecular weight excluding hydrogens is 463 g/mol. The Balaban J connectivity index is 1.89. The molecule has 0 atom stereocenters. The number of rotatable bonds is 5. The average Bonchev–Trinajstić information content (AvgIpc) is 2.63. The molecule has 3 aromatic rings. The first-order valence-electron chi connectivity index (χ1n) is 8.41. The van der Waals surface area contributed by atoms with Crippen molar-refractivity contribution in [3.63, 3.8) is 0 Å². The zero-order valence-electron chi connectivity index (χ0n) is 15.1. The van der Waals surface area contributed by atoms with Gasteiger partial charge in [-0.3, -0.25) is 10.1 Å². The molecule has 0 unspecified atom stereocenters. The number of anilines is 3. The van der Waals surface area contributed by atoms with Crippen LogP contribution in [0.2, 0.25) is 5.02 Å². The SMILES string of the molecule is Cc1cc(F)ccc1C(=O)c1ccc(Nc2ccc(Br)cc2NC(=O)O)cc1Cl. The van der Waals surface area contributed by atoms with Crippen molar-refractivity contribution in [3.8, 4) is 0 Å². The summed E-state index contributed by atoms with van der Waals surface area (Å²) in [5.41, 5.74) is 2.61. The lowest BCUT2D eigenvalue weighted by Crippen LogP contribution is -2.09. The van der Waals surface area contributed by atoms with Gasteiger partial charge in [-0.2, -0.15) is 0 Å². The van der Waals surface area contributed by atoms with Crippen molar-refractivity contribution in [2.24, 2.45) is 0 Å². The van der Waals surface area contributed by atoms with Crippen LogP contribution in [0.1, 0.15) is 21.5 Å². The van der Waals surface area contributed by atoms with Gasteiger partial charge < -0.3 is 10.4 Å². The van der Waals surface area contributed by atoms with Crippen LogP contribution >= 0.6 is 27.5 Å². The minimum Gasteiger partial charge on any atom is -0.465 e. The van der Waals surface area contributed by atoms with Crippen LogP contribution < -0.4 is 10.6 Å². The van der Waals surface area contributed by atoms with Gasteiger partial charge in [-0.25, -0.2) is 9.18 Å².